The van der Waals surface area contributed by atoms with Crippen molar-refractivity contribution in [2.75, 3.05) is 27.2 Å². The van der Waals surface area contributed by atoms with E-state index in [-0.39, 0.29) is 12.5 Å². The van der Waals surface area contributed by atoms with Gasteiger partial charge in [0.2, 0.25) is 5.91 Å². The molecule has 0 fully saturated rings. The van der Waals surface area contributed by atoms with Gasteiger partial charge in [0.25, 0.3) is 0 Å². The Kier molecular flexibility index (Phi) is 6.37. The van der Waals surface area contributed by atoms with E-state index in [1.165, 1.54) is 11.0 Å². The lowest BCUT2D eigenvalue weighted by Crippen LogP contribution is -2.44. The number of hydrogen-bond donors (Lipinski definition) is 1. The van der Waals surface area contributed by atoms with Crippen molar-refractivity contribution in [3.05, 3.63) is 35.4 Å². The normalized spacial score (nSPS) is 13.3. The van der Waals surface area contributed by atoms with Gasteiger partial charge in [-0.1, -0.05) is 12.1 Å². The van der Waals surface area contributed by atoms with Crippen molar-refractivity contribution in [2.24, 2.45) is 5.73 Å². The highest BCUT2D eigenvalue weighted by molar-refractivity contribution is 5.81. The van der Waals surface area contributed by atoms with Gasteiger partial charge in [0.15, 0.2) is 0 Å². The van der Waals surface area contributed by atoms with Gasteiger partial charge in [-0.15, -0.1) is 0 Å². The summed E-state index contributed by atoms with van der Waals surface area (Å²) in [5.41, 5.74) is 5.33. The summed E-state index contributed by atoms with van der Waals surface area (Å²) in [6, 6.07) is 4.32. The summed E-state index contributed by atoms with van der Waals surface area (Å²) < 4.78 is 38.2. The number of hydrogen-bond acceptors (Lipinski definition) is 3. The van der Waals surface area contributed by atoms with Gasteiger partial charge in [-0.2, -0.15) is 13.2 Å². The van der Waals surface area contributed by atoms with Gasteiger partial charge in [0, 0.05) is 19.6 Å². The Morgan fingerprint density at radius 3 is 2.41 bits per heavy atom. The molecule has 1 amide bonds. The van der Waals surface area contributed by atoms with Crippen LogP contribution >= 0.6 is 0 Å². The van der Waals surface area contributed by atoms with Crippen LogP contribution in [0.3, 0.4) is 0 Å². The average molecular weight is 317 g/mol. The molecular formula is C15H22F3N3O. The highest BCUT2D eigenvalue weighted by Crippen LogP contribution is 2.29. The van der Waals surface area contributed by atoms with Crippen LogP contribution in [0.15, 0.2) is 24.3 Å². The first kappa shape index (κ1) is 18.4. The first-order chi connectivity index (χ1) is 10.1. The lowest BCUT2D eigenvalue weighted by molar-refractivity contribution is -0.137. The van der Waals surface area contributed by atoms with E-state index in [1.807, 2.05) is 19.0 Å². The molecule has 2 N–H and O–H groups in total. The van der Waals surface area contributed by atoms with Gasteiger partial charge in [0.1, 0.15) is 0 Å². The molecule has 1 aromatic carbocycles. The topological polar surface area (TPSA) is 49.6 Å². The summed E-state index contributed by atoms with van der Waals surface area (Å²) in [4.78, 5) is 15.5. The molecule has 7 heteroatoms. The molecule has 1 aromatic rings. The van der Waals surface area contributed by atoms with Crippen molar-refractivity contribution < 1.29 is 18.0 Å². The van der Waals surface area contributed by atoms with Crippen LogP contribution in [0.25, 0.3) is 0 Å². The van der Waals surface area contributed by atoms with E-state index in [9.17, 15) is 18.0 Å². The first-order valence-corrected chi connectivity index (χ1v) is 6.96. The maximum atomic E-state index is 12.7. The molecule has 1 atom stereocenters. The minimum atomic E-state index is -4.39. The number of halogens is 3. The Hall–Kier alpha value is -1.60. The number of carbonyl (C=O) groups is 1. The smallest absolute Gasteiger partial charge is 0.336 e. The number of likely N-dealkylation sites (N-methyl/N-ethyl adjacent to an activating group) is 1. The van der Waals surface area contributed by atoms with Crippen LogP contribution in [0.5, 0.6) is 0 Å². The third-order valence-corrected chi connectivity index (χ3v) is 3.15. The molecule has 0 heterocycles. The van der Waals surface area contributed by atoms with Crippen molar-refractivity contribution in [2.45, 2.75) is 25.7 Å². The molecule has 0 spiro atoms. The number of alkyl halides is 3. The van der Waals surface area contributed by atoms with Gasteiger partial charge in [0.05, 0.1) is 11.6 Å². The van der Waals surface area contributed by atoms with E-state index in [4.69, 9.17) is 5.73 Å². The van der Waals surface area contributed by atoms with Crippen LogP contribution in [0.1, 0.15) is 18.1 Å². The number of amides is 1. The molecule has 0 saturated carbocycles. The summed E-state index contributed by atoms with van der Waals surface area (Å²) in [6.45, 7) is 2.69. The molecule has 124 valence electrons. The van der Waals surface area contributed by atoms with Crippen molar-refractivity contribution >= 4 is 5.91 Å². The van der Waals surface area contributed by atoms with Crippen molar-refractivity contribution in [1.82, 2.24) is 9.80 Å². The van der Waals surface area contributed by atoms with Crippen LogP contribution in [-0.4, -0.2) is 48.9 Å². The third kappa shape index (κ3) is 5.65. The Morgan fingerprint density at radius 2 is 1.91 bits per heavy atom. The Bertz CT molecular complexity index is 501. The van der Waals surface area contributed by atoms with E-state index >= 15 is 0 Å². The van der Waals surface area contributed by atoms with Gasteiger partial charge < -0.3 is 15.5 Å². The second-order valence-corrected chi connectivity index (χ2v) is 5.55. The summed E-state index contributed by atoms with van der Waals surface area (Å²) in [5, 5.41) is 0. The fourth-order valence-corrected chi connectivity index (χ4v) is 1.94. The number of carbonyl (C=O) groups excluding carboxylic acids is 1. The number of benzene rings is 1. The van der Waals surface area contributed by atoms with Gasteiger partial charge in [-0.3, -0.25) is 4.79 Å². The minimum Gasteiger partial charge on any atom is -0.336 e. The van der Waals surface area contributed by atoms with Crippen molar-refractivity contribution in [1.29, 1.82) is 0 Å². The van der Waals surface area contributed by atoms with E-state index in [2.05, 4.69) is 0 Å². The maximum Gasteiger partial charge on any atom is 0.416 e. The molecule has 0 bridgehead atoms. The van der Waals surface area contributed by atoms with Crippen molar-refractivity contribution in [3.63, 3.8) is 0 Å². The van der Waals surface area contributed by atoms with Crippen molar-refractivity contribution in [3.8, 4) is 0 Å². The SMILES string of the molecule is C[C@@H](N)C(=O)N(CCN(C)C)Cc1cccc(C(F)(F)F)c1. The predicted molar refractivity (Wildman–Crippen MR) is 79.1 cm³/mol. The zero-order chi connectivity index (χ0) is 16.9. The average Bonchev–Trinajstić information content (AvgIpc) is 2.41. The molecule has 22 heavy (non-hydrogen) atoms. The Balaban J connectivity index is 2.91. The molecule has 0 aliphatic carbocycles. The molecule has 0 radical (unpaired) electrons. The zero-order valence-electron chi connectivity index (χ0n) is 13.0. The molecule has 0 saturated heterocycles. The summed E-state index contributed by atoms with van der Waals surface area (Å²) in [6.07, 6.45) is -4.39. The highest BCUT2D eigenvalue weighted by Gasteiger charge is 2.30. The zero-order valence-corrected chi connectivity index (χ0v) is 13.0. The largest absolute Gasteiger partial charge is 0.416 e. The lowest BCUT2D eigenvalue weighted by Gasteiger charge is -2.26. The highest BCUT2D eigenvalue weighted by atomic mass is 19.4. The quantitative estimate of drug-likeness (QED) is 0.872. The first-order valence-electron chi connectivity index (χ1n) is 6.96. The van der Waals surface area contributed by atoms with Crippen LogP contribution < -0.4 is 5.73 Å². The molecule has 0 unspecified atom stereocenters. The Labute approximate surface area is 128 Å². The van der Waals surface area contributed by atoms with Crippen LogP contribution in [0.2, 0.25) is 0 Å². The Morgan fingerprint density at radius 1 is 1.27 bits per heavy atom. The van der Waals surface area contributed by atoms with Gasteiger partial charge >= 0.3 is 6.18 Å². The third-order valence-electron chi connectivity index (χ3n) is 3.15. The van der Waals surface area contributed by atoms with Gasteiger partial charge in [-0.25, -0.2) is 0 Å². The van der Waals surface area contributed by atoms with E-state index in [0.717, 1.165) is 12.1 Å². The van der Waals surface area contributed by atoms with E-state index in [1.54, 1.807) is 13.0 Å². The molecule has 4 nitrogen and oxygen atoms in total. The molecular weight excluding hydrogens is 295 g/mol. The maximum absolute atomic E-state index is 12.7. The minimum absolute atomic E-state index is 0.109. The molecule has 0 aliphatic rings. The lowest BCUT2D eigenvalue weighted by atomic mass is 10.1. The molecule has 1 rings (SSSR count). The fraction of sp³-hybridized carbons (Fsp3) is 0.533. The predicted octanol–water partition coefficient (Wildman–Crippen LogP) is 1.94. The monoisotopic (exact) mass is 317 g/mol. The number of nitrogens with two attached hydrogens (primary N) is 1. The second kappa shape index (κ2) is 7.60. The molecule has 0 aromatic heterocycles. The standard InChI is InChI=1S/C15H22F3N3O/c1-11(19)14(22)21(8-7-20(2)3)10-12-5-4-6-13(9-12)15(16,17)18/h4-6,9,11H,7-8,10,19H2,1-3H3/t11-/m1/s1. The number of nitrogens with zero attached hydrogens (tertiary/aromatic N) is 2. The van der Waals surface area contributed by atoms with Crippen LogP contribution in [0.4, 0.5) is 13.2 Å². The van der Waals surface area contributed by atoms with Gasteiger partial charge in [-0.05, 0) is 38.7 Å². The second-order valence-electron chi connectivity index (χ2n) is 5.55. The van der Waals surface area contributed by atoms with E-state index < -0.39 is 17.8 Å². The number of rotatable bonds is 6. The fourth-order valence-electron chi connectivity index (χ4n) is 1.94. The van der Waals surface area contributed by atoms with E-state index in [0.29, 0.717) is 18.7 Å². The summed E-state index contributed by atoms with van der Waals surface area (Å²) >= 11 is 0. The van der Waals surface area contributed by atoms with Crippen LogP contribution in [-0.2, 0) is 17.5 Å². The molecule has 0 aliphatic heterocycles. The van der Waals surface area contributed by atoms with Crippen LogP contribution in [0, 0.1) is 0 Å². The summed E-state index contributed by atoms with van der Waals surface area (Å²) in [7, 11) is 3.72. The summed E-state index contributed by atoms with van der Waals surface area (Å²) in [5.74, 6) is -0.278.